The van der Waals surface area contributed by atoms with Crippen molar-refractivity contribution in [2.24, 2.45) is 0 Å². The number of hydrogen-bond acceptors (Lipinski definition) is 2. The molecule has 4 heteroatoms. The molecule has 0 heterocycles. The summed E-state index contributed by atoms with van der Waals surface area (Å²) >= 11 is 6.90. The molecule has 2 nitrogen and oxygen atoms in total. The second kappa shape index (κ2) is 8.95. The van der Waals surface area contributed by atoms with E-state index in [1.165, 1.54) is 6.42 Å². The maximum atomic E-state index is 5.70. The minimum Gasteiger partial charge on any atom is -0.492 e. The van der Waals surface area contributed by atoms with Crippen LogP contribution in [0, 0.1) is 0 Å². The van der Waals surface area contributed by atoms with E-state index >= 15 is 0 Å². The lowest BCUT2D eigenvalue weighted by Crippen LogP contribution is -2.16. The summed E-state index contributed by atoms with van der Waals surface area (Å²) in [7, 11) is 0. The molecule has 0 unspecified atom stereocenters. The molecule has 0 atom stereocenters. The van der Waals surface area contributed by atoms with Crippen LogP contribution in [-0.2, 0) is 0 Å². The third-order valence-electron chi connectivity index (χ3n) is 2.33. The Hall–Kier alpha value is -0.0600. The van der Waals surface area contributed by atoms with Crippen LogP contribution in [0.1, 0.15) is 26.2 Å². The molecule has 0 bridgehead atoms. The molecule has 0 aliphatic carbocycles. The summed E-state index contributed by atoms with van der Waals surface area (Å²) in [5.74, 6) is 0.912. The van der Waals surface area contributed by atoms with Crippen molar-refractivity contribution in [3.63, 3.8) is 0 Å². The van der Waals surface area contributed by atoms with Gasteiger partial charge in [-0.3, -0.25) is 0 Å². The molecular formula is C13H19Br2NO. The first-order valence-electron chi connectivity index (χ1n) is 6.02. The van der Waals surface area contributed by atoms with Crippen LogP contribution in [0.3, 0.4) is 0 Å². The van der Waals surface area contributed by atoms with Crippen LogP contribution in [0.2, 0.25) is 0 Å². The first kappa shape index (κ1) is 15.0. The zero-order valence-electron chi connectivity index (χ0n) is 10.1. The Morgan fingerprint density at radius 3 is 2.71 bits per heavy atom. The van der Waals surface area contributed by atoms with Gasteiger partial charge in [0.1, 0.15) is 5.75 Å². The van der Waals surface area contributed by atoms with E-state index in [4.69, 9.17) is 4.74 Å². The number of hydrogen-bond donors (Lipinski definition) is 1. The first-order valence-corrected chi connectivity index (χ1v) is 7.61. The van der Waals surface area contributed by atoms with Crippen LogP contribution in [0.25, 0.3) is 0 Å². The van der Waals surface area contributed by atoms with E-state index in [2.05, 4.69) is 44.1 Å². The summed E-state index contributed by atoms with van der Waals surface area (Å²) in [6, 6.07) is 5.96. The molecule has 0 aliphatic heterocycles. The van der Waals surface area contributed by atoms with E-state index < -0.39 is 0 Å². The summed E-state index contributed by atoms with van der Waals surface area (Å²) < 4.78 is 7.76. The lowest BCUT2D eigenvalue weighted by atomic mass is 10.3. The fraction of sp³-hybridized carbons (Fsp3) is 0.538. The van der Waals surface area contributed by atoms with Crippen molar-refractivity contribution < 1.29 is 4.74 Å². The molecule has 0 spiro atoms. The van der Waals surface area contributed by atoms with Crippen molar-refractivity contribution in [2.75, 3.05) is 19.7 Å². The van der Waals surface area contributed by atoms with Crippen molar-refractivity contribution in [1.29, 1.82) is 0 Å². The van der Waals surface area contributed by atoms with Gasteiger partial charge in [0, 0.05) is 4.47 Å². The van der Waals surface area contributed by atoms with Gasteiger partial charge in [0.2, 0.25) is 0 Å². The molecule has 0 amide bonds. The summed E-state index contributed by atoms with van der Waals surface area (Å²) in [6.45, 7) is 5.15. The first-order chi connectivity index (χ1) is 8.24. The van der Waals surface area contributed by atoms with Gasteiger partial charge in [0.25, 0.3) is 0 Å². The van der Waals surface area contributed by atoms with Gasteiger partial charge in [-0.2, -0.15) is 0 Å². The fourth-order valence-electron chi connectivity index (χ4n) is 1.43. The molecule has 1 aromatic carbocycles. The predicted octanol–water partition coefficient (Wildman–Crippen LogP) is 4.37. The average molecular weight is 365 g/mol. The highest BCUT2D eigenvalue weighted by Gasteiger charge is 2.00. The summed E-state index contributed by atoms with van der Waals surface area (Å²) in [5.41, 5.74) is 0. The Kier molecular flexibility index (Phi) is 7.90. The Balaban J connectivity index is 2.14. The third-order valence-corrected chi connectivity index (χ3v) is 3.44. The highest BCUT2D eigenvalue weighted by Crippen LogP contribution is 2.28. The lowest BCUT2D eigenvalue weighted by Gasteiger charge is -2.08. The minimum atomic E-state index is 0.772. The van der Waals surface area contributed by atoms with Crippen LogP contribution < -0.4 is 10.1 Å². The quantitative estimate of drug-likeness (QED) is 0.691. The number of rotatable bonds is 8. The smallest absolute Gasteiger partial charge is 0.133 e. The predicted molar refractivity (Wildman–Crippen MR) is 79.7 cm³/mol. The van der Waals surface area contributed by atoms with Crippen molar-refractivity contribution in [3.8, 4) is 5.75 Å². The minimum absolute atomic E-state index is 0.772. The molecule has 0 aromatic heterocycles. The van der Waals surface area contributed by atoms with Crippen molar-refractivity contribution in [3.05, 3.63) is 27.1 Å². The van der Waals surface area contributed by atoms with E-state index in [-0.39, 0.29) is 0 Å². The molecule has 0 fully saturated rings. The van der Waals surface area contributed by atoms with E-state index in [1.54, 1.807) is 0 Å². The summed E-state index contributed by atoms with van der Waals surface area (Å²) in [4.78, 5) is 0. The molecule has 17 heavy (non-hydrogen) atoms. The average Bonchev–Trinajstić information content (AvgIpc) is 2.30. The van der Waals surface area contributed by atoms with E-state index in [0.29, 0.717) is 0 Å². The Labute approximate surface area is 120 Å². The van der Waals surface area contributed by atoms with E-state index in [1.807, 2.05) is 18.2 Å². The van der Waals surface area contributed by atoms with Gasteiger partial charge in [-0.15, -0.1) is 0 Å². The van der Waals surface area contributed by atoms with Gasteiger partial charge < -0.3 is 10.1 Å². The Morgan fingerprint density at radius 1 is 1.18 bits per heavy atom. The maximum absolute atomic E-state index is 5.70. The van der Waals surface area contributed by atoms with Gasteiger partial charge in [-0.05, 0) is 66.5 Å². The zero-order valence-corrected chi connectivity index (χ0v) is 13.3. The number of ether oxygens (including phenoxy) is 1. The second-order valence-electron chi connectivity index (χ2n) is 3.88. The summed E-state index contributed by atoms with van der Waals surface area (Å²) in [5, 5.41) is 3.38. The molecule has 0 radical (unpaired) electrons. The van der Waals surface area contributed by atoms with Gasteiger partial charge >= 0.3 is 0 Å². The molecule has 1 aromatic rings. The maximum Gasteiger partial charge on any atom is 0.133 e. The Morgan fingerprint density at radius 2 is 2.00 bits per heavy atom. The van der Waals surface area contributed by atoms with Crippen LogP contribution in [0.15, 0.2) is 27.1 Å². The monoisotopic (exact) mass is 363 g/mol. The highest BCUT2D eigenvalue weighted by molar-refractivity contribution is 9.11. The fourth-order valence-corrected chi connectivity index (χ4v) is 2.59. The third kappa shape index (κ3) is 6.43. The van der Waals surface area contributed by atoms with Crippen LogP contribution in [-0.4, -0.2) is 19.7 Å². The molecule has 96 valence electrons. The van der Waals surface area contributed by atoms with Gasteiger partial charge in [-0.1, -0.05) is 22.9 Å². The zero-order chi connectivity index (χ0) is 12.5. The van der Waals surface area contributed by atoms with Crippen molar-refractivity contribution in [1.82, 2.24) is 5.32 Å². The lowest BCUT2D eigenvalue weighted by molar-refractivity contribution is 0.304. The van der Waals surface area contributed by atoms with E-state index in [0.717, 1.165) is 47.2 Å². The normalized spacial score (nSPS) is 10.5. The number of nitrogens with one attached hydrogen (secondary N) is 1. The standard InChI is InChI=1S/C13H19Br2NO/c1-2-7-16-8-3-4-9-17-13-6-5-11(14)10-12(13)15/h5-6,10,16H,2-4,7-9H2,1H3. The molecule has 0 saturated carbocycles. The van der Waals surface area contributed by atoms with E-state index in [9.17, 15) is 0 Å². The largest absolute Gasteiger partial charge is 0.492 e. The highest BCUT2D eigenvalue weighted by atomic mass is 79.9. The summed E-state index contributed by atoms with van der Waals surface area (Å²) in [6.07, 6.45) is 3.44. The number of benzene rings is 1. The Bertz CT molecular complexity index is 331. The van der Waals surface area contributed by atoms with Crippen molar-refractivity contribution >= 4 is 31.9 Å². The molecule has 1 rings (SSSR count). The SMILES string of the molecule is CCCNCCCCOc1ccc(Br)cc1Br. The number of halogens is 2. The van der Waals surface area contributed by atoms with Gasteiger partial charge in [0.15, 0.2) is 0 Å². The second-order valence-corrected chi connectivity index (χ2v) is 5.65. The topological polar surface area (TPSA) is 21.3 Å². The van der Waals surface area contributed by atoms with Gasteiger partial charge in [-0.25, -0.2) is 0 Å². The van der Waals surface area contributed by atoms with Crippen LogP contribution >= 0.6 is 31.9 Å². The molecule has 0 saturated heterocycles. The van der Waals surface area contributed by atoms with Crippen LogP contribution in [0.5, 0.6) is 5.75 Å². The van der Waals surface area contributed by atoms with Gasteiger partial charge in [0.05, 0.1) is 11.1 Å². The van der Waals surface area contributed by atoms with Crippen LogP contribution in [0.4, 0.5) is 0 Å². The molecule has 0 aliphatic rings. The van der Waals surface area contributed by atoms with Crippen molar-refractivity contribution in [2.45, 2.75) is 26.2 Å². The number of unbranched alkanes of at least 4 members (excludes halogenated alkanes) is 1. The molecular weight excluding hydrogens is 346 g/mol. The molecule has 1 N–H and O–H groups in total.